The Morgan fingerprint density at radius 1 is 0.882 bits per heavy atom. The summed E-state index contributed by atoms with van der Waals surface area (Å²) in [5.41, 5.74) is 1.70. The third-order valence-corrected chi connectivity index (χ3v) is 7.46. The molecule has 1 N–H and O–H groups in total. The van der Waals surface area contributed by atoms with E-state index in [0.29, 0.717) is 26.9 Å². The van der Waals surface area contributed by atoms with Crippen LogP contribution in [-0.4, -0.2) is 16.0 Å². The number of ketones is 1. The average molecular weight is 580 g/mol. The molecule has 176 valence electrons. The Morgan fingerprint density at radius 3 is 2.21 bits per heavy atom. The standard InChI is InChI=1S/C24H14Cl6FNO2/c25-13-7-12(8-14(26)9-13)21-22(24(21,29)30)23(34)32-15-2-3-17(27)16(10-15)20(33)6-11-1-4-19(31)18(28)5-11/h1-5,7-10,21-22H,6H2,(H,32,34). The van der Waals surface area contributed by atoms with Crippen molar-refractivity contribution in [2.75, 3.05) is 5.32 Å². The molecule has 1 saturated carbocycles. The third kappa shape index (κ3) is 5.33. The molecule has 0 radical (unpaired) electrons. The molecular formula is C24H14Cl6FNO2. The number of amides is 1. The number of carbonyl (C=O) groups is 2. The molecular weight excluding hydrogens is 566 g/mol. The first-order valence-corrected chi connectivity index (χ1v) is 12.2. The summed E-state index contributed by atoms with van der Waals surface area (Å²) in [5, 5.41) is 3.67. The highest BCUT2D eigenvalue weighted by atomic mass is 35.5. The number of alkyl halides is 2. The van der Waals surface area contributed by atoms with Crippen molar-refractivity contribution in [3.63, 3.8) is 0 Å². The maximum Gasteiger partial charge on any atom is 0.231 e. The summed E-state index contributed by atoms with van der Waals surface area (Å²) in [4.78, 5) is 25.8. The second-order valence-electron chi connectivity index (χ2n) is 7.86. The van der Waals surface area contributed by atoms with Crippen molar-refractivity contribution < 1.29 is 14.0 Å². The van der Waals surface area contributed by atoms with Gasteiger partial charge >= 0.3 is 0 Å². The molecule has 1 amide bonds. The van der Waals surface area contributed by atoms with Gasteiger partial charge in [-0.2, -0.15) is 0 Å². The van der Waals surface area contributed by atoms with Crippen LogP contribution < -0.4 is 5.32 Å². The van der Waals surface area contributed by atoms with Crippen molar-refractivity contribution >= 4 is 87.0 Å². The zero-order valence-corrected chi connectivity index (χ0v) is 21.6. The zero-order chi connectivity index (χ0) is 24.8. The number of hydrogen-bond donors (Lipinski definition) is 1. The van der Waals surface area contributed by atoms with Gasteiger partial charge in [-0.25, -0.2) is 4.39 Å². The van der Waals surface area contributed by atoms with E-state index in [2.05, 4.69) is 5.32 Å². The van der Waals surface area contributed by atoms with Crippen molar-refractivity contribution in [1.82, 2.24) is 0 Å². The number of nitrogens with one attached hydrogen (secondary N) is 1. The van der Waals surface area contributed by atoms with Crippen LogP contribution in [0.15, 0.2) is 54.6 Å². The van der Waals surface area contributed by atoms with Crippen molar-refractivity contribution in [1.29, 1.82) is 0 Å². The van der Waals surface area contributed by atoms with Gasteiger partial charge in [0, 0.05) is 33.6 Å². The molecule has 4 rings (SSSR count). The maximum atomic E-state index is 13.4. The predicted octanol–water partition coefficient (Wildman–Crippen LogP) is 8.39. The minimum Gasteiger partial charge on any atom is -0.326 e. The number of benzene rings is 3. The lowest BCUT2D eigenvalue weighted by atomic mass is 10.0. The minimum absolute atomic E-state index is 0.0518. The fourth-order valence-corrected chi connectivity index (χ4v) is 5.59. The number of hydrogen-bond acceptors (Lipinski definition) is 2. The summed E-state index contributed by atoms with van der Waals surface area (Å²) < 4.78 is 12.0. The average Bonchev–Trinajstić information content (AvgIpc) is 3.33. The van der Waals surface area contributed by atoms with Gasteiger partial charge in [-0.3, -0.25) is 9.59 Å². The van der Waals surface area contributed by atoms with Crippen LogP contribution in [0.25, 0.3) is 0 Å². The predicted molar refractivity (Wildman–Crippen MR) is 137 cm³/mol. The van der Waals surface area contributed by atoms with Gasteiger partial charge in [-0.15, -0.1) is 23.2 Å². The Bertz CT molecular complexity index is 1290. The summed E-state index contributed by atoms with van der Waals surface area (Å²) in [5.74, 6) is -2.61. The first-order chi connectivity index (χ1) is 16.0. The molecule has 0 bridgehead atoms. The number of rotatable bonds is 6. The molecule has 10 heteroatoms. The van der Waals surface area contributed by atoms with Gasteiger partial charge in [0.05, 0.1) is 16.0 Å². The lowest BCUT2D eigenvalue weighted by molar-refractivity contribution is -0.117. The van der Waals surface area contributed by atoms with E-state index in [1.807, 2.05) is 0 Å². The lowest BCUT2D eigenvalue weighted by Gasteiger charge is -2.10. The molecule has 3 aromatic rings. The molecule has 1 aliphatic carbocycles. The number of anilines is 1. The molecule has 0 aromatic heterocycles. The SMILES string of the molecule is O=C(Cc1ccc(F)c(Cl)c1)c1cc(NC(=O)C2C(c3cc(Cl)cc(Cl)c3)C2(Cl)Cl)ccc1Cl. The van der Waals surface area contributed by atoms with Gasteiger partial charge < -0.3 is 5.32 Å². The van der Waals surface area contributed by atoms with Gasteiger partial charge in [0.15, 0.2) is 5.78 Å². The Balaban J connectivity index is 1.51. The van der Waals surface area contributed by atoms with Crippen LogP contribution in [0.2, 0.25) is 20.1 Å². The monoisotopic (exact) mass is 577 g/mol. The Labute approximate surface area is 225 Å². The van der Waals surface area contributed by atoms with E-state index in [1.165, 1.54) is 30.3 Å². The summed E-state index contributed by atoms with van der Waals surface area (Å²) in [7, 11) is 0. The van der Waals surface area contributed by atoms with E-state index in [-0.39, 0.29) is 27.8 Å². The second-order valence-corrected chi connectivity index (χ2v) is 11.0. The Morgan fingerprint density at radius 2 is 1.56 bits per heavy atom. The number of halogens is 7. The molecule has 3 nitrogen and oxygen atoms in total. The van der Waals surface area contributed by atoms with Gasteiger partial charge in [-0.1, -0.05) is 52.5 Å². The summed E-state index contributed by atoms with van der Waals surface area (Å²) in [6.07, 6.45) is -0.0518. The molecule has 0 saturated heterocycles. The maximum absolute atomic E-state index is 13.4. The van der Waals surface area contributed by atoms with Crippen LogP contribution in [-0.2, 0) is 11.2 Å². The Kier molecular flexibility index (Phi) is 7.40. The van der Waals surface area contributed by atoms with E-state index >= 15 is 0 Å². The van der Waals surface area contributed by atoms with E-state index in [9.17, 15) is 14.0 Å². The van der Waals surface area contributed by atoms with Crippen LogP contribution in [0.4, 0.5) is 10.1 Å². The largest absolute Gasteiger partial charge is 0.326 e. The van der Waals surface area contributed by atoms with Gasteiger partial charge in [0.1, 0.15) is 10.2 Å². The molecule has 2 atom stereocenters. The van der Waals surface area contributed by atoms with Crippen molar-refractivity contribution in [2.24, 2.45) is 5.92 Å². The number of carbonyl (C=O) groups excluding carboxylic acids is 2. The third-order valence-electron chi connectivity index (χ3n) is 5.46. The highest BCUT2D eigenvalue weighted by Crippen LogP contribution is 2.65. The van der Waals surface area contributed by atoms with E-state index in [1.54, 1.807) is 24.3 Å². The smallest absolute Gasteiger partial charge is 0.231 e. The van der Waals surface area contributed by atoms with Crippen LogP contribution in [0, 0.1) is 11.7 Å². The highest BCUT2D eigenvalue weighted by molar-refractivity contribution is 6.53. The van der Waals surface area contributed by atoms with Gasteiger partial charge in [-0.05, 0) is 59.7 Å². The lowest BCUT2D eigenvalue weighted by Crippen LogP contribution is -2.17. The fourth-order valence-electron chi connectivity index (χ4n) is 3.79. The second kappa shape index (κ2) is 9.85. The Hall–Kier alpha value is -1.53. The fraction of sp³-hybridized carbons (Fsp3) is 0.167. The summed E-state index contributed by atoms with van der Waals surface area (Å²) in [6, 6.07) is 13.4. The van der Waals surface area contributed by atoms with Gasteiger partial charge in [0.2, 0.25) is 5.91 Å². The molecule has 2 unspecified atom stereocenters. The van der Waals surface area contributed by atoms with Crippen molar-refractivity contribution in [2.45, 2.75) is 16.7 Å². The van der Waals surface area contributed by atoms with E-state index < -0.39 is 27.9 Å². The molecule has 1 aliphatic rings. The summed E-state index contributed by atoms with van der Waals surface area (Å²) >= 11 is 36.9. The van der Waals surface area contributed by atoms with E-state index in [4.69, 9.17) is 69.6 Å². The topological polar surface area (TPSA) is 46.2 Å². The van der Waals surface area contributed by atoms with Crippen LogP contribution in [0.3, 0.4) is 0 Å². The highest BCUT2D eigenvalue weighted by Gasteiger charge is 2.67. The van der Waals surface area contributed by atoms with Gasteiger partial charge in [0.25, 0.3) is 0 Å². The van der Waals surface area contributed by atoms with Crippen LogP contribution in [0.1, 0.15) is 27.4 Å². The normalized spacial score (nSPS) is 18.4. The zero-order valence-electron chi connectivity index (χ0n) is 17.0. The number of Topliss-reactive ketones (excluding diaryl/α,β-unsaturated/α-hetero) is 1. The molecule has 3 aromatic carbocycles. The molecule has 34 heavy (non-hydrogen) atoms. The van der Waals surface area contributed by atoms with Crippen LogP contribution >= 0.6 is 69.6 Å². The first-order valence-electron chi connectivity index (χ1n) is 9.88. The molecule has 0 spiro atoms. The molecule has 1 fully saturated rings. The molecule has 0 aliphatic heterocycles. The minimum atomic E-state index is -1.34. The first kappa shape index (κ1) is 25.6. The van der Waals surface area contributed by atoms with Crippen LogP contribution in [0.5, 0.6) is 0 Å². The van der Waals surface area contributed by atoms with Crippen molar-refractivity contribution in [3.05, 3.63) is 97.2 Å². The van der Waals surface area contributed by atoms with Crippen molar-refractivity contribution in [3.8, 4) is 0 Å². The quantitative estimate of drug-likeness (QED) is 0.235. The molecule has 0 heterocycles. The summed E-state index contributed by atoms with van der Waals surface area (Å²) in [6.45, 7) is 0. The van der Waals surface area contributed by atoms with E-state index in [0.717, 1.165) is 0 Å².